The summed E-state index contributed by atoms with van der Waals surface area (Å²) in [4.78, 5) is 10.9. The highest BCUT2D eigenvalue weighted by Crippen LogP contribution is 2.41. The van der Waals surface area contributed by atoms with E-state index in [1.54, 1.807) is 0 Å². The van der Waals surface area contributed by atoms with E-state index in [-0.39, 0.29) is 18.2 Å². The summed E-state index contributed by atoms with van der Waals surface area (Å²) in [5.41, 5.74) is -5.02. The molecule has 0 aliphatic rings. The standard InChI is InChI=1S/C18H8ClF9O2/c19-12-4-8(5-14(21)15(12)22)10(17(23,24)25)6-13(20)7-1-2-9(16(29)30)11(3-7)18(26,27)28/h1-6,10H,(H,29,30). The van der Waals surface area contributed by atoms with Crippen molar-refractivity contribution in [2.75, 3.05) is 0 Å². The summed E-state index contributed by atoms with van der Waals surface area (Å²) in [6.45, 7) is 0. The van der Waals surface area contributed by atoms with E-state index >= 15 is 0 Å². The van der Waals surface area contributed by atoms with Crippen LogP contribution in [0, 0.1) is 11.6 Å². The van der Waals surface area contributed by atoms with Gasteiger partial charge in [-0.3, -0.25) is 0 Å². The van der Waals surface area contributed by atoms with Crippen molar-refractivity contribution < 1.29 is 49.4 Å². The van der Waals surface area contributed by atoms with Gasteiger partial charge in [-0.25, -0.2) is 18.0 Å². The molecule has 2 aromatic rings. The van der Waals surface area contributed by atoms with Crippen molar-refractivity contribution in [2.45, 2.75) is 18.3 Å². The molecule has 2 aromatic carbocycles. The van der Waals surface area contributed by atoms with E-state index in [0.717, 1.165) is 0 Å². The first-order valence-electron chi connectivity index (χ1n) is 7.66. The third kappa shape index (κ3) is 5.07. The van der Waals surface area contributed by atoms with Crippen molar-refractivity contribution in [3.8, 4) is 0 Å². The van der Waals surface area contributed by atoms with E-state index < -0.39 is 69.0 Å². The molecule has 0 spiro atoms. The van der Waals surface area contributed by atoms with Crippen LogP contribution in [0.3, 0.4) is 0 Å². The largest absolute Gasteiger partial charge is 0.478 e. The molecule has 0 fully saturated rings. The first-order chi connectivity index (χ1) is 13.6. The van der Waals surface area contributed by atoms with Gasteiger partial charge in [0.1, 0.15) is 11.7 Å². The lowest BCUT2D eigenvalue weighted by Crippen LogP contribution is -2.19. The molecular formula is C18H8ClF9O2. The molecule has 1 N–H and O–H groups in total. The van der Waals surface area contributed by atoms with E-state index in [2.05, 4.69) is 0 Å². The quantitative estimate of drug-likeness (QED) is 0.393. The fourth-order valence-corrected chi connectivity index (χ4v) is 2.71. The van der Waals surface area contributed by atoms with Crippen LogP contribution in [0.25, 0.3) is 5.83 Å². The van der Waals surface area contributed by atoms with Gasteiger partial charge in [-0.1, -0.05) is 17.7 Å². The second kappa shape index (κ2) is 8.21. The minimum atomic E-state index is -5.25. The zero-order valence-electron chi connectivity index (χ0n) is 14.2. The Bertz CT molecular complexity index is 987. The topological polar surface area (TPSA) is 37.3 Å². The third-order valence-electron chi connectivity index (χ3n) is 3.86. The number of carboxylic acid groups (broad SMARTS) is 1. The van der Waals surface area contributed by atoms with Crippen LogP contribution >= 0.6 is 11.6 Å². The first kappa shape index (κ1) is 23.6. The summed E-state index contributed by atoms with van der Waals surface area (Å²) in [6.07, 6.45) is -10.6. The van der Waals surface area contributed by atoms with E-state index in [9.17, 15) is 44.3 Å². The number of rotatable bonds is 4. The molecule has 0 radical (unpaired) electrons. The van der Waals surface area contributed by atoms with E-state index in [1.165, 1.54) is 0 Å². The van der Waals surface area contributed by atoms with Gasteiger partial charge in [-0.2, -0.15) is 26.3 Å². The Balaban J connectivity index is 2.62. The van der Waals surface area contributed by atoms with Crippen molar-refractivity contribution in [1.29, 1.82) is 0 Å². The maximum atomic E-state index is 14.4. The summed E-state index contributed by atoms with van der Waals surface area (Å²) in [6, 6.07) is 1.47. The fourth-order valence-electron chi connectivity index (χ4n) is 2.49. The zero-order chi connectivity index (χ0) is 23.0. The Kier molecular flexibility index (Phi) is 6.45. The molecule has 0 saturated heterocycles. The number of hydrogen-bond donors (Lipinski definition) is 1. The number of benzene rings is 2. The number of allylic oxidation sites excluding steroid dienone is 1. The average molecular weight is 463 g/mol. The predicted octanol–water partition coefficient (Wildman–Crippen LogP) is 6.99. The predicted molar refractivity (Wildman–Crippen MR) is 87.7 cm³/mol. The molecule has 0 aromatic heterocycles. The lowest BCUT2D eigenvalue weighted by molar-refractivity contribution is -0.140. The maximum absolute atomic E-state index is 14.4. The summed E-state index contributed by atoms with van der Waals surface area (Å²) in [5, 5.41) is 7.78. The normalized spacial score (nSPS) is 14.0. The van der Waals surface area contributed by atoms with Gasteiger partial charge in [0.2, 0.25) is 0 Å². The molecule has 0 saturated carbocycles. The molecular weight excluding hydrogens is 455 g/mol. The molecule has 1 atom stereocenters. The highest BCUT2D eigenvalue weighted by Gasteiger charge is 2.41. The Labute approximate surface area is 167 Å². The molecule has 1 unspecified atom stereocenters. The van der Waals surface area contributed by atoms with Gasteiger partial charge in [0.05, 0.1) is 16.1 Å². The van der Waals surface area contributed by atoms with Crippen LogP contribution in [-0.2, 0) is 6.18 Å². The highest BCUT2D eigenvalue weighted by atomic mass is 35.5. The summed E-state index contributed by atoms with van der Waals surface area (Å²) in [5.74, 6) is -10.1. The number of hydrogen-bond acceptors (Lipinski definition) is 1. The molecule has 0 aliphatic carbocycles. The molecule has 0 bridgehead atoms. The van der Waals surface area contributed by atoms with Crippen molar-refractivity contribution in [3.63, 3.8) is 0 Å². The van der Waals surface area contributed by atoms with E-state index in [0.29, 0.717) is 18.2 Å². The molecule has 2 nitrogen and oxygen atoms in total. The fraction of sp³-hybridized carbons (Fsp3) is 0.167. The van der Waals surface area contributed by atoms with Gasteiger partial charge in [-0.05, 0) is 35.9 Å². The average Bonchev–Trinajstić information content (AvgIpc) is 2.61. The second-order valence-electron chi connectivity index (χ2n) is 5.90. The van der Waals surface area contributed by atoms with Crippen molar-refractivity contribution >= 4 is 23.4 Å². The number of alkyl halides is 6. The maximum Gasteiger partial charge on any atom is 0.417 e. The third-order valence-corrected chi connectivity index (χ3v) is 4.14. The molecule has 2 rings (SSSR count). The summed E-state index contributed by atoms with van der Waals surface area (Å²) >= 11 is 5.31. The molecule has 30 heavy (non-hydrogen) atoms. The number of halogens is 10. The van der Waals surface area contributed by atoms with Crippen LogP contribution in [0.1, 0.15) is 33.0 Å². The summed E-state index contributed by atoms with van der Waals surface area (Å²) < 4.78 is 120. The Morgan fingerprint density at radius 3 is 2.10 bits per heavy atom. The smallest absolute Gasteiger partial charge is 0.417 e. The molecule has 12 heteroatoms. The summed E-state index contributed by atoms with van der Waals surface area (Å²) in [7, 11) is 0. The van der Waals surface area contributed by atoms with Gasteiger partial charge in [0.25, 0.3) is 0 Å². The van der Waals surface area contributed by atoms with E-state index in [4.69, 9.17) is 16.7 Å². The van der Waals surface area contributed by atoms with Crippen molar-refractivity contribution in [2.24, 2.45) is 0 Å². The van der Waals surface area contributed by atoms with Crippen LogP contribution in [0.5, 0.6) is 0 Å². The molecule has 0 heterocycles. The molecule has 0 aliphatic heterocycles. The SMILES string of the molecule is O=C(O)c1ccc(C(F)=CC(c2cc(F)c(F)c(Cl)c2)C(F)(F)F)cc1C(F)(F)F. The van der Waals surface area contributed by atoms with Crippen LogP contribution in [0.15, 0.2) is 36.4 Å². The minimum absolute atomic E-state index is 0.0287. The van der Waals surface area contributed by atoms with Gasteiger partial charge >= 0.3 is 18.3 Å². The zero-order valence-corrected chi connectivity index (χ0v) is 14.9. The number of carboxylic acids is 1. The van der Waals surface area contributed by atoms with Gasteiger partial charge < -0.3 is 5.11 Å². The van der Waals surface area contributed by atoms with Crippen LogP contribution < -0.4 is 0 Å². The van der Waals surface area contributed by atoms with Gasteiger partial charge in [0.15, 0.2) is 11.6 Å². The lowest BCUT2D eigenvalue weighted by Gasteiger charge is -2.19. The first-order valence-corrected chi connectivity index (χ1v) is 8.04. The van der Waals surface area contributed by atoms with Crippen LogP contribution in [0.2, 0.25) is 5.02 Å². The van der Waals surface area contributed by atoms with Crippen molar-refractivity contribution in [1.82, 2.24) is 0 Å². The molecule has 0 amide bonds. The second-order valence-corrected chi connectivity index (χ2v) is 6.30. The highest BCUT2D eigenvalue weighted by molar-refractivity contribution is 6.30. The Morgan fingerprint density at radius 1 is 1.03 bits per heavy atom. The minimum Gasteiger partial charge on any atom is -0.478 e. The lowest BCUT2D eigenvalue weighted by atomic mass is 9.95. The van der Waals surface area contributed by atoms with Crippen molar-refractivity contribution in [3.05, 3.63) is 75.3 Å². The number of carbonyl (C=O) groups is 1. The van der Waals surface area contributed by atoms with Crippen LogP contribution in [-0.4, -0.2) is 17.3 Å². The number of aromatic carboxylic acids is 1. The monoisotopic (exact) mass is 462 g/mol. The Morgan fingerprint density at radius 2 is 1.63 bits per heavy atom. The van der Waals surface area contributed by atoms with Crippen LogP contribution in [0.4, 0.5) is 39.5 Å². The van der Waals surface area contributed by atoms with Gasteiger partial charge in [0, 0.05) is 5.56 Å². The molecule has 162 valence electrons. The Hall–Kier alpha value is -2.69. The van der Waals surface area contributed by atoms with E-state index in [1.807, 2.05) is 0 Å². The van der Waals surface area contributed by atoms with Gasteiger partial charge in [-0.15, -0.1) is 0 Å².